The molecule has 1 N–H and O–H groups in total. The van der Waals surface area contributed by atoms with Crippen LogP contribution in [0.15, 0.2) is 18.2 Å². The summed E-state index contributed by atoms with van der Waals surface area (Å²) in [6, 6.07) is 6.29. The monoisotopic (exact) mass is 299 g/mol. The van der Waals surface area contributed by atoms with E-state index in [1.54, 1.807) is 0 Å². The van der Waals surface area contributed by atoms with E-state index < -0.39 is 0 Å². The minimum Gasteiger partial charge on any atom is -0.352 e. The molecule has 0 radical (unpaired) electrons. The van der Waals surface area contributed by atoms with E-state index in [2.05, 4.69) is 55.9 Å². The Labute approximate surface area is 131 Å². The predicted molar refractivity (Wildman–Crippen MR) is 88.6 cm³/mol. The molecule has 2 aromatic rings. The Morgan fingerprint density at radius 1 is 1.36 bits per heavy atom. The number of nitrogens with zero attached hydrogens (tertiary/aromatic N) is 2. The molecule has 0 bridgehead atoms. The Morgan fingerprint density at radius 3 is 2.73 bits per heavy atom. The zero-order valence-electron chi connectivity index (χ0n) is 13.9. The van der Waals surface area contributed by atoms with Crippen LogP contribution >= 0.6 is 0 Å². The number of aryl methyl sites for hydroxylation is 1. The van der Waals surface area contributed by atoms with Gasteiger partial charge in [-0.3, -0.25) is 4.79 Å². The van der Waals surface area contributed by atoms with E-state index in [1.165, 1.54) is 24.2 Å². The van der Waals surface area contributed by atoms with Crippen LogP contribution in [0, 0.1) is 5.41 Å². The van der Waals surface area contributed by atoms with Crippen LogP contribution in [0.4, 0.5) is 0 Å². The summed E-state index contributed by atoms with van der Waals surface area (Å²) in [6.07, 6.45) is 3.06. The summed E-state index contributed by atoms with van der Waals surface area (Å²) in [4.78, 5) is 16.7. The van der Waals surface area contributed by atoms with Crippen molar-refractivity contribution in [2.45, 2.75) is 52.5 Å². The van der Waals surface area contributed by atoms with Crippen molar-refractivity contribution in [1.29, 1.82) is 0 Å². The van der Waals surface area contributed by atoms with Crippen LogP contribution in [-0.2, 0) is 18.4 Å². The van der Waals surface area contributed by atoms with E-state index in [9.17, 15) is 4.79 Å². The molecule has 4 heteroatoms. The summed E-state index contributed by atoms with van der Waals surface area (Å²) in [7, 11) is 2.09. The molecule has 0 spiro atoms. The number of hydrogen-bond acceptors (Lipinski definition) is 2. The van der Waals surface area contributed by atoms with Crippen LogP contribution in [0.2, 0.25) is 0 Å². The molecule has 0 atom stereocenters. The lowest BCUT2D eigenvalue weighted by Gasteiger charge is -2.17. The minimum absolute atomic E-state index is 0.0220. The Kier molecular flexibility index (Phi) is 3.71. The molecule has 1 aromatic carbocycles. The van der Waals surface area contributed by atoms with Crippen molar-refractivity contribution in [1.82, 2.24) is 14.9 Å². The first-order chi connectivity index (χ1) is 10.3. The number of imidazole rings is 1. The second-order valence-corrected chi connectivity index (χ2v) is 7.64. The van der Waals surface area contributed by atoms with E-state index in [1.807, 2.05) is 0 Å². The molecule has 0 saturated heterocycles. The first-order valence-corrected chi connectivity index (χ1v) is 8.05. The quantitative estimate of drug-likeness (QED) is 0.939. The maximum atomic E-state index is 11.9. The second-order valence-electron chi connectivity index (χ2n) is 7.64. The van der Waals surface area contributed by atoms with Crippen molar-refractivity contribution in [3.05, 3.63) is 29.6 Å². The predicted octanol–water partition coefficient (Wildman–Crippen LogP) is 3.50. The number of benzene rings is 1. The molecule has 0 unspecified atom stereocenters. The normalized spacial score (nSPS) is 15.3. The molecule has 0 aliphatic heterocycles. The number of amides is 1. The number of carbonyl (C=O) groups is 1. The van der Waals surface area contributed by atoms with Gasteiger partial charge in [0.2, 0.25) is 5.91 Å². The van der Waals surface area contributed by atoms with Crippen molar-refractivity contribution >= 4 is 16.9 Å². The lowest BCUT2D eigenvalue weighted by molar-refractivity contribution is -0.122. The van der Waals surface area contributed by atoms with Gasteiger partial charge < -0.3 is 9.88 Å². The number of carbonyl (C=O) groups excluding carboxylic acids is 1. The maximum absolute atomic E-state index is 11.9. The van der Waals surface area contributed by atoms with Crippen LogP contribution in [0.3, 0.4) is 0 Å². The van der Waals surface area contributed by atoms with Gasteiger partial charge in [-0.15, -0.1) is 0 Å². The van der Waals surface area contributed by atoms with Gasteiger partial charge in [0.25, 0.3) is 0 Å². The summed E-state index contributed by atoms with van der Waals surface area (Å²) in [5, 5.41) is 3.00. The first kappa shape index (κ1) is 15.1. The lowest BCUT2D eigenvalue weighted by Crippen LogP contribution is -2.27. The standard InChI is InChI=1S/C18H25N3O/c1-18(2,3)10-16(22)19-11-12-5-8-15-14(9-12)20-17(21(15)4)13-6-7-13/h5,8-9,13H,6-7,10-11H2,1-4H3,(H,19,22). The third-order valence-corrected chi connectivity index (χ3v) is 4.10. The van der Waals surface area contributed by atoms with Crippen LogP contribution < -0.4 is 5.32 Å². The Morgan fingerprint density at radius 2 is 2.09 bits per heavy atom. The Hall–Kier alpha value is -1.84. The summed E-state index contributed by atoms with van der Waals surface area (Å²) >= 11 is 0. The molecule has 1 aliphatic carbocycles. The van der Waals surface area contributed by atoms with Gasteiger partial charge >= 0.3 is 0 Å². The number of fused-ring (bicyclic) bond motifs is 1. The molecule has 4 nitrogen and oxygen atoms in total. The fourth-order valence-corrected chi connectivity index (χ4v) is 2.83. The highest BCUT2D eigenvalue weighted by Gasteiger charge is 2.28. The molecule has 1 amide bonds. The van der Waals surface area contributed by atoms with Crippen LogP contribution in [0.25, 0.3) is 11.0 Å². The number of nitrogens with one attached hydrogen (secondary N) is 1. The first-order valence-electron chi connectivity index (χ1n) is 8.05. The second kappa shape index (κ2) is 5.41. The highest BCUT2D eigenvalue weighted by Crippen LogP contribution is 2.40. The number of hydrogen-bond donors (Lipinski definition) is 1. The molecule has 118 valence electrons. The molecule has 1 aromatic heterocycles. The molecule has 1 aliphatic rings. The summed E-state index contributed by atoms with van der Waals surface area (Å²) < 4.78 is 2.20. The van der Waals surface area contributed by atoms with Crippen molar-refractivity contribution in [3.8, 4) is 0 Å². The van der Waals surface area contributed by atoms with Gasteiger partial charge in [0.1, 0.15) is 5.82 Å². The maximum Gasteiger partial charge on any atom is 0.220 e. The van der Waals surface area contributed by atoms with Crippen molar-refractivity contribution in [2.75, 3.05) is 0 Å². The molecule has 22 heavy (non-hydrogen) atoms. The fourth-order valence-electron chi connectivity index (χ4n) is 2.83. The van der Waals surface area contributed by atoms with Crippen LogP contribution in [-0.4, -0.2) is 15.5 Å². The Balaban J connectivity index is 1.71. The molecule has 3 rings (SSSR count). The highest BCUT2D eigenvalue weighted by atomic mass is 16.1. The smallest absolute Gasteiger partial charge is 0.220 e. The van der Waals surface area contributed by atoms with E-state index in [0.717, 1.165) is 11.1 Å². The largest absolute Gasteiger partial charge is 0.352 e. The average Bonchev–Trinajstić information content (AvgIpc) is 3.20. The van der Waals surface area contributed by atoms with Gasteiger partial charge in [-0.1, -0.05) is 26.8 Å². The number of aromatic nitrogens is 2. The van der Waals surface area contributed by atoms with Gasteiger partial charge in [0, 0.05) is 25.9 Å². The van der Waals surface area contributed by atoms with Gasteiger partial charge in [-0.2, -0.15) is 0 Å². The Bertz CT molecular complexity index is 705. The van der Waals surface area contributed by atoms with E-state index in [0.29, 0.717) is 18.9 Å². The van der Waals surface area contributed by atoms with Gasteiger partial charge in [0.05, 0.1) is 11.0 Å². The summed E-state index contributed by atoms with van der Waals surface area (Å²) in [5.41, 5.74) is 3.34. The van der Waals surface area contributed by atoms with Crippen LogP contribution in [0.5, 0.6) is 0 Å². The van der Waals surface area contributed by atoms with E-state index >= 15 is 0 Å². The van der Waals surface area contributed by atoms with Crippen molar-refractivity contribution < 1.29 is 4.79 Å². The van der Waals surface area contributed by atoms with Crippen LogP contribution in [0.1, 0.15) is 57.3 Å². The number of rotatable bonds is 4. The fraction of sp³-hybridized carbons (Fsp3) is 0.556. The highest BCUT2D eigenvalue weighted by molar-refractivity contribution is 5.78. The zero-order chi connectivity index (χ0) is 15.9. The van der Waals surface area contributed by atoms with E-state index in [-0.39, 0.29) is 11.3 Å². The zero-order valence-corrected chi connectivity index (χ0v) is 13.9. The minimum atomic E-state index is 0.0220. The lowest BCUT2D eigenvalue weighted by atomic mass is 9.92. The molecule has 1 saturated carbocycles. The summed E-state index contributed by atoms with van der Waals surface area (Å²) in [6.45, 7) is 6.80. The van der Waals surface area contributed by atoms with Gasteiger partial charge in [-0.05, 0) is 36.0 Å². The molecule has 1 fully saturated rings. The SMILES string of the molecule is Cn1c(C2CC2)nc2cc(CNC(=O)CC(C)(C)C)ccc21. The molecule has 1 heterocycles. The summed E-state index contributed by atoms with van der Waals surface area (Å²) in [5.74, 6) is 1.95. The van der Waals surface area contributed by atoms with Crippen molar-refractivity contribution in [3.63, 3.8) is 0 Å². The van der Waals surface area contributed by atoms with Gasteiger partial charge in [0.15, 0.2) is 0 Å². The molecular formula is C18H25N3O. The third-order valence-electron chi connectivity index (χ3n) is 4.10. The average molecular weight is 299 g/mol. The van der Waals surface area contributed by atoms with E-state index in [4.69, 9.17) is 4.98 Å². The molecular weight excluding hydrogens is 274 g/mol. The van der Waals surface area contributed by atoms with Gasteiger partial charge in [-0.25, -0.2) is 4.98 Å². The topological polar surface area (TPSA) is 46.9 Å². The van der Waals surface area contributed by atoms with Crippen molar-refractivity contribution in [2.24, 2.45) is 12.5 Å². The third kappa shape index (κ3) is 3.32.